The zero-order valence-corrected chi connectivity index (χ0v) is 12.4. The molecular formula is C11H12BrClN2OS. The molecule has 3 nitrogen and oxygen atoms in total. The van der Waals surface area contributed by atoms with Gasteiger partial charge in [0, 0.05) is 16.8 Å². The highest BCUT2D eigenvalue weighted by Gasteiger charge is 2.20. The molecule has 1 unspecified atom stereocenters. The lowest BCUT2D eigenvalue weighted by Gasteiger charge is -2.12. The highest BCUT2D eigenvalue weighted by molar-refractivity contribution is 9.10. The monoisotopic (exact) mass is 334 g/mol. The second kappa shape index (κ2) is 5.52. The lowest BCUT2D eigenvalue weighted by Crippen LogP contribution is -2.09. The van der Waals surface area contributed by atoms with Gasteiger partial charge in [-0.25, -0.2) is 0 Å². The zero-order chi connectivity index (χ0) is 12.4. The summed E-state index contributed by atoms with van der Waals surface area (Å²) in [6.45, 7) is 2.87. The smallest absolute Gasteiger partial charge is 0.131 e. The average Bonchev–Trinajstić information content (AvgIpc) is 2.86. The molecule has 0 saturated carbocycles. The molecule has 0 bridgehead atoms. The van der Waals surface area contributed by atoms with Crippen molar-refractivity contribution in [3.63, 3.8) is 0 Å². The Labute approximate surface area is 117 Å². The quantitative estimate of drug-likeness (QED) is 0.921. The van der Waals surface area contributed by atoms with Gasteiger partial charge in [0.15, 0.2) is 0 Å². The van der Waals surface area contributed by atoms with Gasteiger partial charge < -0.3 is 5.11 Å². The van der Waals surface area contributed by atoms with Crippen LogP contribution in [0.4, 0.5) is 0 Å². The van der Waals surface area contributed by atoms with Gasteiger partial charge in [0.2, 0.25) is 0 Å². The summed E-state index contributed by atoms with van der Waals surface area (Å²) in [6, 6.07) is 1.78. The molecule has 0 aromatic carbocycles. The third-order valence-corrected chi connectivity index (χ3v) is 4.33. The number of thiophene rings is 1. The third-order valence-electron chi connectivity index (χ3n) is 2.38. The molecule has 0 aliphatic carbocycles. The van der Waals surface area contributed by atoms with Crippen molar-refractivity contribution >= 4 is 38.9 Å². The van der Waals surface area contributed by atoms with Crippen molar-refractivity contribution in [3.05, 3.63) is 37.7 Å². The maximum atomic E-state index is 10.3. The first kappa shape index (κ1) is 13.1. The maximum Gasteiger partial charge on any atom is 0.131 e. The van der Waals surface area contributed by atoms with Crippen molar-refractivity contribution in [2.45, 2.75) is 26.0 Å². The van der Waals surface area contributed by atoms with Crippen LogP contribution in [0.3, 0.4) is 0 Å². The predicted molar refractivity (Wildman–Crippen MR) is 73.6 cm³/mol. The van der Waals surface area contributed by atoms with E-state index in [0.717, 1.165) is 28.0 Å². The molecule has 92 valence electrons. The summed E-state index contributed by atoms with van der Waals surface area (Å²) in [4.78, 5) is 0.827. The largest absolute Gasteiger partial charge is 0.381 e. The number of hydrogen-bond donors (Lipinski definition) is 1. The van der Waals surface area contributed by atoms with Crippen LogP contribution in [0.2, 0.25) is 5.02 Å². The molecule has 6 heteroatoms. The Morgan fingerprint density at radius 1 is 1.65 bits per heavy atom. The molecule has 2 heterocycles. The van der Waals surface area contributed by atoms with Gasteiger partial charge in [-0.05, 0) is 28.4 Å². The van der Waals surface area contributed by atoms with Gasteiger partial charge >= 0.3 is 0 Å². The van der Waals surface area contributed by atoms with Crippen LogP contribution in [0.5, 0.6) is 0 Å². The van der Waals surface area contributed by atoms with E-state index in [1.54, 1.807) is 12.3 Å². The minimum Gasteiger partial charge on any atom is -0.381 e. The molecular weight excluding hydrogens is 324 g/mol. The van der Waals surface area contributed by atoms with E-state index < -0.39 is 6.10 Å². The molecule has 0 saturated heterocycles. The van der Waals surface area contributed by atoms with Gasteiger partial charge in [-0.15, -0.1) is 11.3 Å². The van der Waals surface area contributed by atoms with Crippen molar-refractivity contribution in [2.24, 2.45) is 0 Å². The topological polar surface area (TPSA) is 38.0 Å². The van der Waals surface area contributed by atoms with Crippen molar-refractivity contribution < 1.29 is 5.11 Å². The molecule has 1 N–H and O–H groups in total. The number of aliphatic hydroxyl groups excluding tert-OH is 1. The van der Waals surface area contributed by atoms with E-state index in [0.29, 0.717) is 5.02 Å². The van der Waals surface area contributed by atoms with E-state index in [2.05, 4.69) is 28.0 Å². The number of nitrogens with zero attached hydrogens (tertiary/aromatic N) is 2. The fraction of sp³-hybridized carbons (Fsp3) is 0.364. The third kappa shape index (κ3) is 2.73. The van der Waals surface area contributed by atoms with Gasteiger partial charge in [-0.3, -0.25) is 4.68 Å². The number of aliphatic hydroxyl groups is 1. The van der Waals surface area contributed by atoms with E-state index in [1.165, 1.54) is 11.3 Å². The number of aromatic nitrogens is 2. The summed E-state index contributed by atoms with van der Waals surface area (Å²) in [5.41, 5.74) is 0.783. The summed E-state index contributed by atoms with van der Waals surface area (Å²) in [6.07, 6.45) is 2.00. The number of rotatable bonds is 4. The summed E-state index contributed by atoms with van der Waals surface area (Å²) in [7, 11) is 0. The van der Waals surface area contributed by atoms with Crippen LogP contribution in [0, 0.1) is 0 Å². The molecule has 17 heavy (non-hydrogen) atoms. The highest BCUT2D eigenvalue weighted by atomic mass is 79.9. The van der Waals surface area contributed by atoms with Gasteiger partial charge in [0.1, 0.15) is 6.10 Å². The maximum absolute atomic E-state index is 10.3. The molecule has 0 amide bonds. The van der Waals surface area contributed by atoms with Gasteiger partial charge in [-0.2, -0.15) is 5.10 Å². The average molecular weight is 336 g/mol. The Hall–Kier alpha value is -0.360. The van der Waals surface area contributed by atoms with Gasteiger partial charge in [-0.1, -0.05) is 18.5 Å². The highest BCUT2D eigenvalue weighted by Crippen LogP contribution is 2.33. The van der Waals surface area contributed by atoms with Crippen molar-refractivity contribution in [2.75, 3.05) is 0 Å². The normalized spacial score (nSPS) is 12.9. The molecule has 1 atom stereocenters. The van der Waals surface area contributed by atoms with E-state index in [1.807, 2.05) is 10.1 Å². The summed E-state index contributed by atoms with van der Waals surface area (Å²) < 4.78 is 2.64. The second-order valence-electron chi connectivity index (χ2n) is 3.67. The molecule has 2 aromatic rings. The van der Waals surface area contributed by atoms with Crippen LogP contribution in [0.1, 0.15) is 30.0 Å². The summed E-state index contributed by atoms with van der Waals surface area (Å²) >= 11 is 10.7. The SMILES string of the molecule is CCCn1ncc(Br)c1C(O)c1cc(Cl)cs1. The Kier molecular flexibility index (Phi) is 4.25. The van der Waals surface area contributed by atoms with Crippen molar-refractivity contribution in [1.29, 1.82) is 0 Å². The first-order valence-electron chi connectivity index (χ1n) is 5.26. The lowest BCUT2D eigenvalue weighted by molar-refractivity contribution is 0.210. The molecule has 0 spiro atoms. The van der Waals surface area contributed by atoms with Gasteiger partial charge in [0.05, 0.1) is 21.4 Å². The minimum atomic E-state index is -0.684. The molecule has 2 rings (SSSR count). The van der Waals surface area contributed by atoms with Crippen LogP contribution in [-0.2, 0) is 6.54 Å². The Morgan fingerprint density at radius 3 is 3.00 bits per heavy atom. The van der Waals surface area contributed by atoms with E-state index in [-0.39, 0.29) is 0 Å². The fourth-order valence-electron chi connectivity index (χ4n) is 1.64. The Morgan fingerprint density at radius 2 is 2.41 bits per heavy atom. The van der Waals surface area contributed by atoms with Crippen LogP contribution in [0.15, 0.2) is 22.1 Å². The predicted octanol–water partition coefficient (Wildman–Crippen LogP) is 3.85. The molecule has 0 radical (unpaired) electrons. The fourth-order valence-corrected chi connectivity index (χ4v) is 3.22. The Balaban J connectivity index is 2.35. The second-order valence-corrected chi connectivity index (χ2v) is 5.90. The number of aryl methyl sites for hydroxylation is 1. The van der Waals surface area contributed by atoms with E-state index in [4.69, 9.17) is 11.6 Å². The van der Waals surface area contributed by atoms with Crippen LogP contribution >= 0.6 is 38.9 Å². The number of hydrogen-bond acceptors (Lipinski definition) is 3. The standard InChI is InChI=1S/C11H12BrClN2OS/c1-2-3-15-10(8(12)5-14-15)11(16)9-4-7(13)6-17-9/h4-6,11,16H,2-3H2,1H3. The Bertz CT molecular complexity index is 511. The zero-order valence-electron chi connectivity index (χ0n) is 9.23. The van der Waals surface area contributed by atoms with Crippen LogP contribution in [0.25, 0.3) is 0 Å². The molecule has 0 aliphatic rings. The van der Waals surface area contributed by atoms with Crippen molar-refractivity contribution in [3.8, 4) is 0 Å². The molecule has 0 aliphatic heterocycles. The molecule has 0 fully saturated rings. The van der Waals surface area contributed by atoms with E-state index >= 15 is 0 Å². The minimum absolute atomic E-state index is 0.654. The first-order valence-corrected chi connectivity index (χ1v) is 7.31. The van der Waals surface area contributed by atoms with Gasteiger partial charge in [0.25, 0.3) is 0 Å². The summed E-state index contributed by atoms with van der Waals surface area (Å²) in [5, 5.41) is 17.1. The van der Waals surface area contributed by atoms with Crippen molar-refractivity contribution in [1.82, 2.24) is 9.78 Å². The van der Waals surface area contributed by atoms with Crippen LogP contribution in [-0.4, -0.2) is 14.9 Å². The number of halogens is 2. The van der Waals surface area contributed by atoms with E-state index in [9.17, 15) is 5.11 Å². The van der Waals surface area contributed by atoms with Crippen LogP contribution < -0.4 is 0 Å². The summed E-state index contributed by atoms with van der Waals surface area (Å²) in [5.74, 6) is 0. The lowest BCUT2D eigenvalue weighted by atomic mass is 10.2. The molecule has 2 aromatic heterocycles. The first-order chi connectivity index (χ1) is 8.13.